The molecular weight excluding hydrogens is 234 g/mol. The Morgan fingerprint density at radius 2 is 2.11 bits per heavy atom. The minimum atomic E-state index is -0.645. The van der Waals surface area contributed by atoms with Crippen molar-refractivity contribution in [2.45, 2.75) is 20.4 Å². The molecule has 0 bridgehead atoms. The van der Waals surface area contributed by atoms with E-state index in [2.05, 4.69) is 9.97 Å². The van der Waals surface area contributed by atoms with Gasteiger partial charge in [0, 0.05) is 6.20 Å². The van der Waals surface area contributed by atoms with Gasteiger partial charge in [-0.1, -0.05) is 6.07 Å². The lowest BCUT2D eigenvalue weighted by Gasteiger charge is -2.10. The second-order valence-corrected chi connectivity index (χ2v) is 4.06. The van der Waals surface area contributed by atoms with Crippen LogP contribution in [0.1, 0.15) is 16.8 Å². The topological polar surface area (TPSA) is 88.0 Å². The fraction of sp³-hybridized carbons (Fsp3) is 0.250. The molecule has 18 heavy (non-hydrogen) atoms. The van der Waals surface area contributed by atoms with Crippen molar-refractivity contribution in [2.75, 3.05) is 0 Å². The van der Waals surface area contributed by atoms with Crippen LogP contribution in [0.25, 0.3) is 0 Å². The summed E-state index contributed by atoms with van der Waals surface area (Å²) in [7, 11) is 0. The first-order chi connectivity index (χ1) is 8.50. The highest BCUT2D eigenvalue weighted by Crippen LogP contribution is 2.11. The van der Waals surface area contributed by atoms with Gasteiger partial charge in [-0.3, -0.25) is 19.3 Å². The van der Waals surface area contributed by atoms with Gasteiger partial charge < -0.3 is 5.11 Å². The number of H-pyrrole nitrogens is 1. The van der Waals surface area contributed by atoms with Crippen molar-refractivity contribution in [3.8, 4) is 5.88 Å². The third kappa shape index (κ3) is 2.04. The Hall–Kier alpha value is -2.37. The fourth-order valence-electron chi connectivity index (χ4n) is 1.64. The Labute approximate surface area is 103 Å². The Morgan fingerprint density at radius 1 is 1.39 bits per heavy atom. The first-order valence-corrected chi connectivity index (χ1v) is 5.44. The van der Waals surface area contributed by atoms with Gasteiger partial charge in [0.25, 0.3) is 5.56 Å². The molecule has 0 aliphatic heterocycles. The van der Waals surface area contributed by atoms with Gasteiger partial charge in [0.1, 0.15) is 0 Å². The zero-order valence-electron chi connectivity index (χ0n) is 10.1. The number of nitrogens with one attached hydrogen (secondary N) is 1. The minimum Gasteiger partial charge on any atom is -0.494 e. The minimum absolute atomic E-state index is 0.114. The van der Waals surface area contributed by atoms with Gasteiger partial charge in [-0.15, -0.1) is 0 Å². The number of rotatable bonds is 2. The van der Waals surface area contributed by atoms with Crippen molar-refractivity contribution in [3.63, 3.8) is 0 Å². The van der Waals surface area contributed by atoms with Crippen LogP contribution in [0.5, 0.6) is 5.88 Å². The van der Waals surface area contributed by atoms with Crippen LogP contribution in [0.2, 0.25) is 0 Å². The standard InChI is InChI=1S/C12H13N3O3/c1-7-4-3-5-13-9(7)6-15-11(17)8(2)10(16)14-12(15)18/h3-5,17H,6H2,1-2H3,(H,14,16,18). The second kappa shape index (κ2) is 4.48. The molecule has 0 aliphatic rings. The zero-order valence-corrected chi connectivity index (χ0v) is 10.1. The lowest BCUT2D eigenvalue weighted by atomic mass is 10.2. The van der Waals surface area contributed by atoms with Crippen LogP contribution in [-0.4, -0.2) is 19.6 Å². The highest BCUT2D eigenvalue weighted by atomic mass is 16.3. The van der Waals surface area contributed by atoms with Gasteiger partial charge in [-0.05, 0) is 25.5 Å². The van der Waals surface area contributed by atoms with Crippen molar-refractivity contribution < 1.29 is 5.11 Å². The van der Waals surface area contributed by atoms with Crippen LogP contribution in [-0.2, 0) is 6.54 Å². The molecule has 0 unspecified atom stereocenters. The number of hydrogen-bond acceptors (Lipinski definition) is 4. The van der Waals surface area contributed by atoms with E-state index in [1.807, 2.05) is 13.0 Å². The molecule has 2 heterocycles. The monoisotopic (exact) mass is 247 g/mol. The van der Waals surface area contributed by atoms with E-state index in [-0.39, 0.29) is 18.0 Å². The maximum absolute atomic E-state index is 11.6. The molecule has 94 valence electrons. The molecule has 0 fully saturated rings. The van der Waals surface area contributed by atoms with Crippen LogP contribution < -0.4 is 11.2 Å². The summed E-state index contributed by atoms with van der Waals surface area (Å²) in [5.41, 5.74) is 0.469. The van der Waals surface area contributed by atoms with Gasteiger partial charge in [-0.25, -0.2) is 4.79 Å². The second-order valence-electron chi connectivity index (χ2n) is 4.06. The lowest BCUT2D eigenvalue weighted by Crippen LogP contribution is -2.31. The third-order valence-corrected chi connectivity index (χ3v) is 2.82. The van der Waals surface area contributed by atoms with Gasteiger partial charge >= 0.3 is 5.69 Å². The summed E-state index contributed by atoms with van der Waals surface area (Å²) in [6.45, 7) is 3.44. The number of aromatic amines is 1. The third-order valence-electron chi connectivity index (χ3n) is 2.82. The van der Waals surface area contributed by atoms with E-state index >= 15 is 0 Å². The summed E-state index contributed by atoms with van der Waals surface area (Å²) in [5, 5.41) is 9.83. The smallest absolute Gasteiger partial charge is 0.331 e. The Balaban J connectivity index is 2.55. The SMILES string of the molecule is Cc1cccnc1Cn1c(O)c(C)c(=O)[nH]c1=O. The van der Waals surface area contributed by atoms with Crippen molar-refractivity contribution in [1.82, 2.24) is 14.5 Å². The molecule has 2 rings (SSSR count). The fourth-order valence-corrected chi connectivity index (χ4v) is 1.64. The van der Waals surface area contributed by atoms with Crippen molar-refractivity contribution in [2.24, 2.45) is 0 Å². The average molecular weight is 247 g/mol. The van der Waals surface area contributed by atoms with Crippen LogP contribution >= 0.6 is 0 Å². The molecule has 6 heteroatoms. The summed E-state index contributed by atoms with van der Waals surface area (Å²) in [4.78, 5) is 29.2. The van der Waals surface area contributed by atoms with Crippen LogP contribution in [0.4, 0.5) is 0 Å². The normalized spacial score (nSPS) is 10.6. The van der Waals surface area contributed by atoms with E-state index < -0.39 is 11.2 Å². The van der Waals surface area contributed by atoms with E-state index in [1.54, 1.807) is 12.3 Å². The van der Waals surface area contributed by atoms with Crippen LogP contribution in [0.3, 0.4) is 0 Å². The number of hydrogen-bond donors (Lipinski definition) is 2. The number of aromatic hydroxyl groups is 1. The molecule has 2 aromatic rings. The highest BCUT2D eigenvalue weighted by molar-refractivity contribution is 5.23. The lowest BCUT2D eigenvalue weighted by molar-refractivity contribution is 0.403. The zero-order chi connectivity index (χ0) is 13.3. The van der Waals surface area contributed by atoms with Crippen LogP contribution in [0.15, 0.2) is 27.9 Å². The number of nitrogens with zero attached hydrogens (tertiary/aromatic N) is 2. The number of aromatic nitrogens is 3. The van der Waals surface area contributed by atoms with E-state index in [4.69, 9.17) is 0 Å². The molecule has 0 aliphatic carbocycles. The molecule has 2 N–H and O–H groups in total. The molecule has 0 spiro atoms. The molecule has 0 atom stereocenters. The molecule has 0 aromatic carbocycles. The molecule has 0 radical (unpaired) electrons. The maximum atomic E-state index is 11.6. The summed E-state index contributed by atoms with van der Waals surface area (Å²) >= 11 is 0. The summed E-state index contributed by atoms with van der Waals surface area (Å²) in [6.07, 6.45) is 1.61. The molecule has 2 aromatic heterocycles. The van der Waals surface area contributed by atoms with Crippen molar-refractivity contribution >= 4 is 0 Å². The largest absolute Gasteiger partial charge is 0.494 e. The summed E-state index contributed by atoms with van der Waals surface area (Å²) < 4.78 is 1.09. The maximum Gasteiger partial charge on any atom is 0.331 e. The summed E-state index contributed by atoms with van der Waals surface area (Å²) in [5.74, 6) is -0.325. The molecular formula is C12H13N3O3. The van der Waals surface area contributed by atoms with E-state index in [9.17, 15) is 14.7 Å². The quantitative estimate of drug-likeness (QED) is 0.799. The predicted molar refractivity (Wildman–Crippen MR) is 65.8 cm³/mol. The Kier molecular flexibility index (Phi) is 3.01. The van der Waals surface area contributed by atoms with Crippen molar-refractivity contribution in [3.05, 3.63) is 56.0 Å². The Bertz CT molecular complexity index is 700. The van der Waals surface area contributed by atoms with Gasteiger partial charge in [-0.2, -0.15) is 0 Å². The highest BCUT2D eigenvalue weighted by Gasteiger charge is 2.11. The molecule has 0 saturated carbocycles. The van der Waals surface area contributed by atoms with Gasteiger partial charge in [0.05, 0.1) is 17.8 Å². The average Bonchev–Trinajstić information content (AvgIpc) is 2.34. The first kappa shape index (κ1) is 12.1. The molecule has 0 amide bonds. The van der Waals surface area contributed by atoms with E-state index in [0.717, 1.165) is 10.1 Å². The van der Waals surface area contributed by atoms with E-state index in [0.29, 0.717) is 5.69 Å². The van der Waals surface area contributed by atoms with Gasteiger partial charge in [0.15, 0.2) is 0 Å². The first-order valence-electron chi connectivity index (χ1n) is 5.44. The van der Waals surface area contributed by atoms with Gasteiger partial charge in [0.2, 0.25) is 5.88 Å². The molecule has 0 saturated heterocycles. The number of pyridine rings is 1. The summed E-state index contributed by atoms with van der Waals surface area (Å²) in [6, 6.07) is 3.66. The Morgan fingerprint density at radius 3 is 2.78 bits per heavy atom. The van der Waals surface area contributed by atoms with Crippen molar-refractivity contribution in [1.29, 1.82) is 0 Å². The van der Waals surface area contributed by atoms with E-state index in [1.165, 1.54) is 6.92 Å². The predicted octanol–water partition coefficient (Wildman–Crippen LogP) is 0.302. The van der Waals surface area contributed by atoms with Crippen LogP contribution in [0, 0.1) is 13.8 Å². The molecule has 6 nitrogen and oxygen atoms in total. The number of aryl methyl sites for hydroxylation is 1.